The molecule has 2 aliphatic rings. The number of nitrogens with zero attached hydrogens (tertiary/aromatic N) is 4. The quantitative estimate of drug-likeness (QED) is 0.443. The highest BCUT2D eigenvalue weighted by Gasteiger charge is 2.30. The number of aromatic nitrogens is 2. The first kappa shape index (κ1) is 22.0. The number of aryl methyl sites for hydroxylation is 1. The van der Waals surface area contributed by atoms with Crippen LogP contribution in [0.2, 0.25) is 0 Å². The lowest BCUT2D eigenvalue weighted by molar-refractivity contribution is 0.397. The number of benzene rings is 2. The van der Waals surface area contributed by atoms with Gasteiger partial charge in [0.05, 0.1) is 12.6 Å². The molecule has 3 aromatic rings. The van der Waals surface area contributed by atoms with Gasteiger partial charge in [0.15, 0.2) is 0 Å². The van der Waals surface area contributed by atoms with E-state index < -0.39 is 0 Å². The van der Waals surface area contributed by atoms with Crippen LogP contribution in [-0.2, 0) is 0 Å². The Balaban J connectivity index is 1.49. The van der Waals surface area contributed by atoms with Gasteiger partial charge in [-0.2, -0.15) is 0 Å². The van der Waals surface area contributed by atoms with E-state index in [9.17, 15) is 0 Å². The maximum atomic E-state index is 5.65. The summed E-state index contributed by atoms with van der Waals surface area (Å²) in [5.41, 5.74) is 4.97. The molecule has 0 unspecified atom stereocenters. The Morgan fingerprint density at radius 1 is 1.03 bits per heavy atom. The molecule has 5 nitrogen and oxygen atoms in total. The average Bonchev–Trinajstić information content (AvgIpc) is 3.69. The molecule has 2 heterocycles. The highest BCUT2D eigenvalue weighted by atomic mass is 16.5. The van der Waals surface area contributed by atoms with Gasteiger partial charge in [-0.25, -0.2) is 9.97 Å². The van der Waals surface area contributed by atoms with Crippen molar-refractivity contribution in [1.29, 1.82) is 0 Å². The maximum Gasteiger partial charge on any atom is 0.140 e. The third-order valence-electron chi connectivity index (χ3n) is 7.29. The molecule has 1 saturated heterocycles. The Morgan fingerprint density at radius 3 is 2.48 bits per heavy atom. The van der Waals surface area contributed by atoms with Crippen molar-refractivity contribution in [2.24, 2.45) is 0 Å². The minimum atomic E-state index is 0.529. The number of fused-ring (bicyclic) bond motifs is 1. The van der Waals surface area contributed by atoms with E-state index in [1.54, 1.807) is 7.11 Å². The van der Waals surface area contributed by atoms with E-state index in [1.165, 1.54) is 35.0 Å². The Bertz CT molecular complexity index is 1130. The summed E-state index contributed by atoms with van der Waals surface area (Å²) >= 11 is 0. The summed E-state index contributed by atoms with van der Waals surface area (Å²) in [5.74, 6) is 4.26. The van der Waals surface area contributed by atoms with Gasteiger partial charge < -0.3 is 14.5 Å². The number of hydrogen-bond acceptors (Lipinski definition) is 5. The van der Waals surface area contributed by atoms with Crippen molar-refractivity contribution in [3.05, 3.63) is 53.3 Å². The number of rotatable bonds is 7. The van der Waals surface area contributed by atoms with E-state index in [2.05, 4.69) is 67.1 Å². The van der Waals surface area contributed by atoms with Crippen LogP contribution in [0.15, 0.2) is 36.4 Å². The van der Waals surface area contributed by atoms with E-state index in [-0.39, 0.29) is 0 Å². The first-order chi connectivity index (χ1) is 16.1. The van der Waals surface area contributed by atoms with Crippen LogP contribution >= 0.6 is 0 Å². The van der Waals surface area contributed by atoms with Crippen molar-refractivity contribution in [2.75, 3.05) is 43.6 Å². The molecular weight excluding hydrogens is 408 g/mol. The van der Waals surface area contributed by atoms with Crippen LogP contribution < -0.4 is 14.5 Å². The minimum absolute atomic E-state index is 0.529. The zero-order chi connectivity index (χ0) is 22.9. The molecule has 5 rings (SSSR count). The Morgan fingerprint density at radius 2 is 1.79 bits per heavy atom. The second-order valence-corrected chi connectivity index (χ2v) is 9.76. The third kappa shape index (κ3) is 4.38. The summed E-state index contributed by atoms with van der Waals surface area (Å²) < 4.78 is 5.65. The van der Waals surface area contributed by atoms with Crippen LogP contribution in [0.5, 0.6) is 5.75 Å². The fourth-order valence-corrected chi connectivity index (χ4v) is 5.24. The van der Waals surface area contributed by atoms with Gasteiger partial charge >= 0.3 is 0 Å². The summed E-state index contributed by atoms with van der Waals surface area (Å²) in [4.78, 5) is 15.1. The fourth-order valence-electron chi connectivity index (χ4n) is 5.24. The van der Waals surface area contributed by atoms with Crippen LogP contribution in [0.1, 0.15) is 67.8 Å². The molecule has 0 bridgehead atoms. The second-order valence-electron chi connectivity index (χ2n) is 9.76. The Labute approximate surface area is 197 Å². The molecule has 0 atom stereocenters. The number of methoxy groups -OCH3 is 1. The zero-order valence-electron chi connectivity index (χ0n) is 20.5. The van der Waals surface area contributed by atoms with Gasteiger partial charge in [0, 0.05) is 43.7 Å². The summed E-state index contributed by atoms with van der Waals surface area (Å²) in [5, 5.41) is 1.20. The molecule has 5 heteroatoms. The van der Waals surface area contributed by atoms with Crippen molar-refractivity contribution in [3.63, 3.8) is 0 Å². The average molecular weight is 445 g/mol. The standard InChI is InChI=1S/C28H36N4O/c1-5-14-31(3)22-17-19(2)26-24(18-22)28(30-27(29-26)21-10-11-21)32-15-12-20(13-16-32)23-8-6-7-9-25(23)33-4/h6-9,17-18,20-21H,5,10-16H2,1-4H3. The molecule has 2 aromatic carbocycles. The predicted octanol–water partition coefficient (Wildman–Crippen LogP) is 6.05. The van der Waals surface area contributed by atoms with Crippen LogP contribution in [-0.4, -0.2) is 43.8 Å². The van der Waals surface area contributed by atoms with Crippen LogP contribution in [0.4, 0.5) is 11.5 Å². The lowest BCUT2D eigenvalue weighted by atomic mass is 9.88. The Kier molecular flexibility index (Phi) is 6.13. The van der Waals surface area contributed by atoms with Gasteiger partial charge in [-0.05, 0) is 74.3 Å². The van der Waals surface area contributed by atoms with Gasteiger partial charge in [0.2, 0.25) is 0 Å². The maximum absolute atomic E-state index is 5.65. The van der Waals surface area contributed by atoms with Crippen LogP contribution in [0.3, 0.4) is 0 Å². The van der Waals surface area contributed by atoms with Crippen molar-refractivity contribution in [3.8, 4) is 5.75 Å². The SMILES string of the molecule is CCCN(C)c1cc(C)c2nc(C3CC3)nc(N3CCC(c4ccccc4OC)CC3)c2c1. The normalized spacial score (nSPS) is 16.9. The summed E-state index contributed by atoms with van der Waals surface area (Å²) in [7, 11) is 3.96. The molecule has 1 saturated carbocycles. The molecule has 0 amide bonds. The second kappa shape index (κ2) is 9.20. The summed E-state index contributed by atoms with van der Waals surface area (Å²) in [6.07, 6.45) is 5.79. The monoisotopic (exact) mass is 444 g/mol. The van der Waals surface area contributed by atoms with E-state index in [4.69, 9.17) is 14.7 Å². The van der Waals surface area contributed by atoms with Crippen molar-refractivity contribution in [1.82, 2.24) is 9.97 Å². The van der Waals surface area contributed by atoms with Gasteiger partial charge in [-0.3, -0.25) is 0 Å². The molecule has 0 spiro atoms. The molecule has 1 aliphatic carbocycles. The highest BCUT2D eigenvalue weighted by Crippen LogP contribution is 2.42. The topological polar surface area (TPSA) is 41.5 Å². The van der Waals surface area contributed by atoms with Crippen LogP contribution in [0, 0.1) is 6.92 Å². The van der Waals surface area contributed by atoms with Gasteiger partial charge in [0.25, 0.3) is 0 Å². The van der Waals surface area contributed by atoms with Gasteiger partial charge in [0.1, 0.15) is 17.4 Å². The number of anilines is 2. The van der Waals surface area contributed by atoms with Crippen molar-refractivity contribution < 1.29 is 4.74 Å². The lowest BCUT2D eigenvalue weighted by Crippen LogP contribution is -2.34. The van der Waals surface area contributed by atoms with Crippen molar-refractivity contribution >= 4 is 22.4 Å². The van der Waals surface area contributed by atoms with E-state index in [0.29, 0.717) is 11.8 Å². The summed E-state index contributed by atoms with van der Waals surface area (Å²) in [6.45, 7) is 7.49. The molecule has 1 aromatic heterocycles. The Hall–Kier alpha value is -2.82. The summed E-state index contributed by atoms with van der Waals surface area (Å²) in [6, 6.07) is 13.1. The fraction of sp³-hybridized carbons (Fsp3) is 0.500. The number of hydrogen-bond donors (Lipinski definition) is 0. The smallest absolute Gasteiger partial charge is 0.140 e. The van der Waals surface area contributed by atoms with Gasteiger partial charge in [-0.1, -0.05) is 25.1 Å². The molecule has 1 aliphatic heterocycles. The third-order valence-corrected chi connectivity index (χ3v) is 7.29. The molecule has 33 heavy (non-hydrogen) atoms. The minimum Gasteiger partial charge on any atom is -0.496 e. The number of ether oxygens (including phenoxy) is 1. The van der Waals surface area contributed by atoms with Gasteiger partial charge in [-0.15, -0.1) is 0 Å². The lowest BCUT2D eigenvalue weighted by Gasteiger charge is -2.34. The zero-order valence-corrected chi connectivity index (χ0v) is 20.5. The van der Waals surface area contributed by atoms with E-state index in [1.807, 2.05) is 0 Å². The first-order valence-electron chi connectivity index (χ1n) is 12.5. The van der Waals surface area contributed by atoms with Crippen LogP contribution in [0.25, 0.3) is 10.9 Å². The van der Waals surface area contributed by atoms with Crippen molar-refractivity contribution in [2.45, 2.75) is 57.8 Å². The van der Waals surface area contributed by atoms with E-state index >= 15 is 0 Å². The molecule has 174 valence electrons. The molecular formula is C28H36N4O. The number of piperidine rings is 1. The highest BCUT2D eigenvalue weighted by molar-refractivity contribution is 5.94. The molecule has 2 fully saturated rings. The number of para-hydroxylation sites is 1. The first-order valence-corrected chi connectivity index (χ1v) is 12.5. The van der Waals surface area contributed by atoms with E-state index in [0.717, 1.165) is 61.8 Å². The molecule has 0 N–H and O–H groups in total. The molecule has 0 radical (unpaired) electrons. The largest absolute Gasteiger partial charge is 0.496 e. The predicted molar refractivity (Wildman–Crippen MR) is 137 cm³/mol.